The number of rotatable bonds is 4. The minimum atomic E-state index is -5.81. The number of hydrogen-bond donors (Lipinski definition) is 2. The molecule has 0 aliphatic rings. The van der Waals surface area contributed by atoms with Crippen LogP contribution in [0, 0.1) is 0 Å². The standard InChI is InChI=1S/C15H12F5N3O2/c16-14(17,15(18,19)20)12-6-10(21)11(7-22-12)23-13(24)25-8-9-4-2-1-3-5-9/h1-7H,8H2,(H2,21,22)(H,23,24). The number of nitrogens with zero attached hydrogens (tertiary/aromatic N) is 1. The van der Waals surface area contributed by atoms with Crippen molar-refractivity contribution in [3.63, 3.8) is 0 Å². The molecule has 2 rings (SSSR count). The molecule has 1 heterocycles. The molecule has 1 aromatic carbocycles. The van der Waals surface area contributed by atoms with Crippen molar-refractivity contribution >= 4 is 17.5 Å². The molecule has 0 spiro atoms. The third-order valence-electron chi connectivity index (χ3n) is 3.06. The highest BCUT2D eigenvalue weighted by atomic mass is 19.4. The van der Waals surface area contributed by atoms with Crippen LogP contribution in [-0.2, 0) is 17.3 Å². The van der Waals surface area contributed by atoms with Gasteiger partial charge in [-0.2, -0.15) is 22.0 Å². The normalized spacial score (nSPS) is 11.9. The summed E-state index contributed by atoms with van der Waals surface area (Å²) in [6.07, 6.45) is -6.17. The van der Waals surface area contributed by atoms with Gasteiger partial charge in [0.2, 0.25) is 0 Å². The molecular weight excluding hydrogens is 349 g/mol. The molecule has 0 aliphatic carbocycles. The Morgan fingerprint density at radius 2 is 1.80 bits per heavy atom. The number of alkyl halides is 5. The molecule has 0 saturated heterocycles. The number of anilines is 2. The highest BCUT2D eigenvalue weighted by Gasteiger charge is 2.60. The minimum absolute atomic E-state index is 0.0652. The Labute approximate surface area is 138 Å². The second-order valence-corrected chi connectivity index (χ2v) is 4.92. The van der Waals surface area contributed by atoms with Gasteiger partial charge in [0.15, 0.2) is 0 Å². The van der Waals surface area contributed by atoms with Gasteiger partial charge in [-0.1, -0.05) is 30.3 Å². The maximum atomic E-state index is 13.2. The summed E-state index contributed by atoms with van der Waals surface area (Å²) in [7, 11) is 0. The lowest BCUT2D eigenvalue weighted by molar-refractivity contribution is -0.290. The molecule has 5 nitrogen and oxygen atoms in total. The van der Waals surface area contributed by atoms with Gasteiger partial charge < -0.3 is 10.5 Å². The van der Waals surface area contributed by atoms with Crippen LogP contribution in [0.5, 0.6) is 0 Å². The van der Waals surface area contributed by atoms with Crippen molar-refractivity contribution in [2.75, 3.05) is 11.1 Å². The van der Waals surface area contributed by atoms with Gasteiger partial charge in [0.05, 0.1) is 17.6 Å². The summed E-state index contributed by atoms with van der Waals surface area (Å²) < 4.78 is 68.2. The molecule has 10 heteroatoms. The Kier molecular flexibility index (Phi) is 5.10. The molecule has 25 heavy (non-hydrogen) atoms. The van der Waals surface area contributed by atoms with Crippen LogP contribution in [-0.4, -0.2) is 17.3 Å². The van der Waals surface area contributed by atoms with Crippen LogP contribution in [0.3, 0.4) is 0 Å². The Hall–Kier alpha value is -2.91. The van der Waals surface area contributed by atoms with E-state index in [2.05, 4.69) is 10.3 Å². The Balaban J connectivity index is 2.05. The van der Waals surface area contributed by atoms with Gasteiger partial charge >= 0.3 is 18.2 Å². The summed E-state index contributed by atoms with van der Waals surface area (Å²) in [6, 6.07) is 9.00. The predicted octanol–water partition coefficient (Wildman–Crippen LogP) is 4.07. The molecule has 0 saturated carbocycles. The van der Waals surface area contributed by atoms with Crippen molar-refractivity contribution in [1.82, 2.24) is 4.98 Å². The summed E-state index contributed by atoms with van der Waals surface area (Å²) in [4.78, 5) is 14.7. The number of ether oxygens (including phenoxy) is 1. The van der Waals surface area contributed by atoms with E-state index in [0.29, 0.717) is 17.8 Å². The van der Waals surface area contributed by atoms with E-state index in [1.54, 1.807) is 30.3 Å². The van der Waals surface area contributed by atoms with Crippen molar-refractivity contribution in [3.05, 3.63) is 53.9 Å². The van der Waals surface area contributed by atoms with E-state index >= 15 is 0 Å². The average Bonchev–Trinajstić information content (AvgIpc) is 2.54. The third kappa shape index (κ3) is 4.34. The van der Waals surface area contributed by atoms with Gasteiger partial charge in [0.25, 0.3) is 0 Å². The number of amides is 1. The first kappa shape index (κ1) is 18.4. The van der Waals surface area contributed by atoms with E-state index in [0.717, 1.165) is 0 Å². The largest absolute Gasteiger partial charge is 0.459 e. The molecule has 0 fully saturated rings. The molecule has 0 atom stereocenters. The van der Waals surface area contributed by atoms with E-state index < -0.39 is 29.6 Å². The van der Waals surface area contributed by atoms with Crippen molar-refractivity contribution in [1.29, 1.82) is 0 Å². The fourth-order valence-corrected chi connectivity index (χ4v) is 1.76. The number of hydrogen-bond acceptors (Lipinski definition) is 4. The lowest BCUT2D eigenvalue weighted by Gasteiger charge is -2.19. The van der Waals surface area contributed by atoms with Crippen molar-refractivity contribution in [2.24, 2.45) is 0 Å². The molecule has 2 aromatic rings. The molecule has 0 aliphatic heterocycles. The van der Waals surface area contributed by atoms with E-state index in [9.17, 15) is 26.7 Å². The summed E-state index contributed by atoms with van der Waals surface area (Å²) in [5, 5.41) is 2.12. The molecule has 3 N–H and O–H groups in total. The third-order valence-corrected chi connectivity index (χ3v) is 3.06. The lowest BCUT2D eigenvalue weighted by Crippen LogP contribution is -2.34. The number of nitrogens with two attached hydrogens (primary N) is 1. The van der Waals surface area contributed by atoms with Crippen LogP contribution >= 0.6 is 0 Å². The first-order valence-electron chi connectivity index (χ1n) is 6.79. The van der Waals surface area contributed by atoms with E-state index in [-0.39, 0.29) is 12.3 Å². The number of aromatic nitrogens is 1. The second kappa shape index (κ2) is 6.91. The molecular formula is C15H12F5N3O2. The van der Waals surface area contributed by atoms with Gasteiger partial charge in [-0.25, -0.2) is 4.79 Å². The number of carbonyl (C=O) groups excluding carboxylic acids is 1. The monoisotopic (exact) mass is 361 g/mol. The first-order valence-corrected chi connectivity index (χ1v) is 6.79. The Morgan fingerprint density at radius 1 is 1.16 bits per heavy atom. The van der Waals surface area contributed by atoms with Gasteiger partial charge in [-0.15, -0.1) is 0 Å². The number of carbonyl (C=O) groups is 1. The van der Waals surface area contributed by atoms with E-state index in [4.69, 9.17) is 10.5 Å². The molecule has 1 aromatic heterocycles. The fraction of sp³-hybridized carbons (Fsp3) is 0.200. The van der Waals surface area contributed by atoms with Crippen LogP contribution in [0.15, 0.2) is 42.6 Å². The van der Waals surface area contributed by atoms with Crippen LogP contribution in [0.2, 0.25) is 0 Å². The smallest absolute Gasteiger partial charge is 0.444 e. The minimum Gasteiger partial charge on any atom is -0.444 e. The van der Waals surface area contributed by atoms with Crippen LogP contribution in [0.1, 0.15) is 11.3 Å². The number of benzene rings is 1. The van der Waals surface area contributed by atoms with Crippen LogP contribution in [0.25, 0.3) is 0 Å². The highest BCUT2D eigenvalue weighted by Crippen LogP contribution is 2.43. The van der Waals surface area contributed by atoms with E-state index in [1.807, 2.05) is 0 Å². The van der Waals surface area contributed by atoms with Gasteiger partial charge in [-0.3, -0.25) is 10.3 Å². The molecule has 134 valence electrons. The quantitative estimate of drug-likeness (QED) is 0.805. The number of pyridine rings is 1. The number of halogens is 5. The first-order chi connectivity index (χ1) is 11.6. The SMILES string of the molecule is Nc1cc(C(F)(F)C(F)(F)F)ncc1NC(=O)OCc1ccccc1. The predicted molar refractivity (Wildman–Crippen MR) is 78.8 cm³/mol. The maximum absolute atomic E-state index is 13.2. The molecule has 1 amide bonds. The molecule has 0 radical (unpaired) electrons. The molecule has 0 bridgehead atoms. The number of nitrogen functional groups attached to an aromatic ring is 1. The van der Waals surface area contributed by atoms with Crippen molar-refractivity contribution < 1.29 is 31.5 Å². The topological polar surface area (TPSA) is 77.2 Å². The summed E-state index contributed by atoms with van der Waals surface area (Å²) in [5.74, 6) is -5.16. The zero-order chi connectivity index (χ0) is 18.7. The zero-order valence-corrected chi connectivity index (χ0v) is 12.5. The maximum Gasteiger partial charge on any atom is 0.459 e. The number of nitrogens with one attached hydrogen (secondary N) is 1. The van der Waals surface area contributed by atoms with Crippen molar-refractivity contribution in [3.8, 4) is 0 Å². The molecule has 0 unspecified atom stereocenters. The fourth-order valence-electron chi connectivity index (χ4n) is 1.76. The van der Waals surface area contributed by atoms with Gasteiger partial charge in [0.1, 0.15) is 12.3 Å². The summed E-state index contributed by atoms with van der Waals surface area (Å²) >= 11 is 0. The van der Waals surface area contributed by atoms with Gasteiger partial charge in [0, 0.05) is 0 Å². The second-order valence-electron chi connectivity index (χ2n) is 4.92. The zero-order valence-electron chi connectivity index (χ0n) is 12.5. The lowest BCUT2D eigenvalue weighted by atomic mass is 10.2. The average molecular weight is 361 g/mol. The summed E-state index contributed by atoms with van der Waals surface area (Å²) in [5.41, 5.74) is 3.78. The van der Waals surface area contributed by atoms with E-state index in [1.165, 1.54) is 0 Å². The van der Waals surface area contributed by atoms with Gasteiger partial charge in [-0.05, 0) is 11.6 Å². The van der Waals surface area contributed by atoms with Crippen LogP contribution in [0.4, 0.5) is 38.1 Å². The Morgan fingerprint density at radius 3 is 2.36 bits per heavy atom. The highest BCUT2D eigenvalue weighted by molar-refractivity contribution is 5.88. The summed E-state index contributed by atoms with van der Waals surface area (Å²) in [6.45, 7) is -0.0652. The Bertz CT molecular complexity index is 751. The van der Waals surface area contributed by atoms with Crippen molar-refractivity contribution in [2.45, 2.75) is 18.7 Å². The van der Waals surface area contributed by atoms with Crippen LogP contribution < -0.4 is 11.1 Å².